The Bertz CT molecular complexity index is 228. The Labute approximate surface area is 58.6 Å². The molecule has 0 bridgehead atoms. The first-order chi connectivity index (χ1) is 4.48. The highest BCUT2D eigenvalue weighted by atomic mass is 32.2. The summed E-state index contributed by atoms with van der Waals surface area (Å²) < 4.78 is 28.6. The molecule has 0 radical (unpaired) electrons. The third-order valence-electron chi connectivity index (χ3n) is 0.778. The first-order valence-corrected chi connectivity index (χ1v) is 3.84. The molecule has 3 N–H and O–H groups in total. The summed E-state index contributed by atoms with van der Waals surface area (Å²) in [5.74, 6) is 0. The van der Waals surface area contributed by atoms with E-state index in [2.05, 4.69) is 0 Å². The summed E-state index contributed by atoms with van der Waals surface area (Å²) in [7, 11) is -4.10. The van der Waals surface area contributed by atoms with Gasteiger partial charge in [0, 0.05) is 0 Å². The first-order valence-electron chi connectivity index (χ1n) is 2.34. The summed E-state index contributed by atoms with van der Waals surface area (Å²) in [6, 6.07) is 0. The maximum absolute atomic E-state index is 10.2. The maximum Gasteiger partial charge on any atom is 0.282 e. The first kappa shape index (κ1) is 9.16. The van der Waals surface area contributed by atoms with Gasteiger partial charge in [0.25, 0.3) is 10.1 Å². The molecule has 0 aliphatic rings. The lowest BCUT2D eigenvalue weighted by atomic mass is 10.8. The van der Waals surface area contributed by atoms with Gasteiger partial charge in [-0.25, -0.2) is 5.43 Å². The SMILES string of the molecule is CC(NNC#N)S(=O)(=O)O. The van der Waals surface area contributed by atoms with E-state index in [-0.39, 0.29) is 0 Å². The van der Waals surface area contributed by atoms with Crippen molar-refractivity contribution >= 4 is 10.1 Å². The van der Waals surface area contributed by atoms with Gasteiger partial charge in [-0.1, -0.05) is 0 Å². The number of nitrogens with zero attached hydrogens (tertiary/aromatic N) is 1. The Morgan fingerprint density at radius 1 is 1.70 bits per heavy atom. The van der Waals surface area contributed by atoms with Crippen molar-refractivity contribution < 1.29 is 13.0 Å². The van der Waals surface area contributed by atoms with Gasteiger partial charge in [0.15, 0.2) is 11.6 Å². The monoisotopic (exact) mass is 165 g/mol. The highest BCUT2D eigenvalue weighted by Crippen LogP contribution is 1.88. The quantitative estimate of drug-likeness (QED) is 0.210. The lowest BCUT2D eigenvalue weighted by Gasteiger charge is -2.06. The zero-order valence-electron chi connectivity index (χ0n) is 5.20. The predicted octanol–water partition coefficient (Wildman–Crippen LogP) is -1.20. The number of rotatable bonds is 3. The molecule has 0 aromatic carbocycles. The number of hydrogen-bond donors (Lipinski definition) is 3. The number of hydrazine groups is 1. The average Bonchev–Trinajstić information content (AvgIpc) is 1.80. The van der Waals surface area contributed by atoms with Crippen LogP contribution in [0.15, 0.2) is 0 Å². The van der Waals surface area contributed by atoms with Crippen molar-refractivity contribution in [2.45, 2.75) is 12.3 Å². The highest BCUT2D eigenvalue weighted by Gasteiger charge is 2.15. The van der Waals surface area contributed by atoms with Gasteiger partial charge in [-0.15, -0.1) is 0 Å². The standard InChI is InChI=1S/C3H7N3O3S/c1-3(6-5-2-4)10(7,8)9/h3,5-6H,1H3,(H,7,8,9). The molecule has 1 unspecified atom stereocenters. The minimum atomic E-state index is -4.10. The summed E-state index contributed by atoms with van der Waals surface area (Å²) in [6.45, 7) is 1.19. The van der Waals surface area contributed by atoms with Gasteiger partial charge in [0.2, 0.25) is 0 Å². The minimum absolute atomic E-state index is 1.19. The zero-order chi connectivity index (χ0) is 8.20. The molecule has 0 aliphatic carbocycles. The largest absolute Gasteiger partial charge is 0.284 e. The smallest absolute Gasteiger partial charge is 0.282 e. The van der Waals surface area contributed by atoms with Crippen molar-refractivity contribution in [3.63, 3.8) is 0 Å². The van der Waals surface area contributed by atoms with Crippen molar-refractivity contribution in [2.75, 3.05) is 0 Å². The van der Waals surface area contributed by atoms with Crippen LogP contribution in [0.25, 0.3) is 0 Å². The Hall–Kier alpha value is -0.840. The van der Waals surface area contributed by atoms with Crippen molar-refractivity contribution in [3.05, 3.63) is 0 Å². The van der Waals surface area contributed by atoms with Gasteiger partial charge < -0.3 is 0 Å². The van der Waals surface area contributed by atoms with E-state index in [9.17, 15) is 8.42 Å². The molecule has 0 saturated heterocycles. The molecule has 0 heterocycles. The van der Waals surface area contributed by atoms with Gasteiger partial charge in [-0.05, 0) is 6.92 Å². The molecular weight excluding hydrogens is 158 g/mol. The molecule has 0 aliphatic heterocycles. The lowest BCUT2D eigenvalue weighted by molar-refractivity contribution is 0.449. The van der Waals surface area contributed by atoms with Gasteiger partial charge in [0.05, 0.1) is 0 Å². The Morgan fingerprint density at radius 2 is 2.20 bits per heavy atom. The molecule has 0 saturated carbocycles. The second-order valence-corrected chi connectivity index (χ2v) is 3.28. The van der Waals surface area contributed by atoms with E-state index in [1.54, 1.807) is 0 Å². The van der Waals surface area contributed by atoms with Crippen LogP contribution in [0, 0.1) is 11.5 Å². The molecule has 10 heavy (non-hydrogen) atoms. The molecule has 7 heteroatoms. The van der Waals surface area contributed by atoms with E-state index in [0.717, 1.165) is 0 Å². The van der Waals surface area contributed by atoms with Crippen LogP contribution >= 0.6 is 0 Å². The molecule has 0 amide bonds. The second-order valence-electron chi connectivity index (χ2n) is 1.54. The fourth-order valence-corrected chi connectivity index (χ4v) is 0.416. The van der Waals surface area contributed by atoms with Crippen LogP contribution in [0.1, 0.15) is 6.92 Å². The summed E-state index contributed by atoms with van der Waals surface area (Å²) in [6.07, 6.45) is 1.43. The van der Waals surface area contributed by atoms with E-state index in [0.29, 0.717) is 0 Å². The third kappa shape index (κ3) is 3.24. The fourth-order valence-electron chi connectivity index (χ4n) is 0.208. The van der Waals surface area contributed by atoms with Gasteiger partial charge in [-0.3, -0.25) is 9.98 Å². The Kier molecular flexibility index (Phi) is 3.08. The molecule has 1 atom stereocenters. The molecule has 0 aromatic heterocycles. The summed E-state index contributed by atoms with van der Waals surface area (Å²) in [5, 5.41) is 6.69. The van der Waals surface area contributed by atoms with E-state index >= 15 is 0 Å². The van der Waals surface area contributed by atoms with Crippen LogP contribution < -0.4 is 10.9 Å². The average molecular weight is 165 g/mol. The normalized spacial score (nSPS) is 13.7. The highest BCUT2D eigenvalue weighted by molar-refractivity contribution is 7.86. The van der Waals surface area contributed by atoms with Gasteiger partial charge >= 0.3 is 0 Å². The van der Waals surface area contributed by atoms with E-state index in [1.807, 2.05) is 10.9 Å². The molecule has 0 spiro atoms. The number of nitriles is 1. The van der Waals surface area contributed by atoms with Gasteiger partial charge in [0.1, 0.15) is 0 Å². The Morgan fingerprint density at radius 3 is 2.50 bits per heavy atom. The van der Waals surface area contributed by atoms with Crippen molar-refractivity contribution in [2.24, 2.45) is 0 Å². The Balaban J connectivity index is 3.90. The van der Waals surface area contributed by atoms with E-state index in [4.69, 9.17) is 9.81 Å². The molecule has 6 nitrogen and oxygen atoms in total. The topological polar surface area (TPSA) is 102 Å². The second kappa shape index (κ2) is 3.36. The van der Waals surface area contributed by atoms with Crippen LogP contribution in [0.3, 0.4) is 0 Å². The summed E-state index contributed by atoms with van der Waals surface area (Å²) >= 11 is 0. The number of nitrogens with one attached hydrogen (secondary N) is 2. The molecule has 58 valence electrons. The van der Waals surface area contributed by atoms with Gasteiger partial charge in [-0.2, -0.15) is 13.7 Å². The van der Waals surface area contributed by atoms with Crippen LogP contribution in [0.5, 0.6) is 0 Å². The van der Waals surface area contributed by atoms with E-state index < -0.39 is 15.5 Å². The number of hydrogen-bond acceptors (Lipinski definition) is 5. The van der Waals surface area contributed by atoms with Crippen LogP contribution in [0.2, 0.25) is 0 Å². The molecular formula is C3H7N3O3S. The molecule has 0 rings (SSSR count). The maximum atomic E-state index is 10.2. The summed E-state index contributed by atoms with van der Waals surface area (Å²) in [5.41, 5.74) is 3.89. The van der Waals surface area contributed by atoms with Crippen LogP contribution in [-0.4, -0.2) is 18.3 Å². The van der Waals surface area contributed by atoms with Crippen molar-refractivity contribution in [1.29, 1.82) is 5.26 Å². The van der Waals surface area contributed by atoms with Crippen molar-refractivity contribution in [1.82, 2.24) is 10.9 Å². The zero-order valence-corrected chi connectivity index (χ0v) is 6.01. The van der Waals surface area contributed by atoms with Crippen LogP contribution in [-0.2, 0) is 10.1 Å². The predicted molar refractivity (Wildman–Crippen MR) is 32.9 cm³/mol. The third-order valence-corrected chi connectivity index (χ3v) is 1.79. The lowest BCUT2D eigenvalue weighted by Crippen LogP contribution is -2.40. The van der Waals surface area contributed by atoms with Crippen LogP contribution in [0.4, 0.5) is 0 Å². The fraction of sp³-hybridized carbons (Fsp3) is 0.667. The molecule has 0 aromatic rings. The minimum Gasteiger partial charge on any atom is -0.284 e. The van der Waals surface area contributed by atoms with Crippen molar-refractivity contribution in [3.8, 4) is 6.19 Å². The van der Waals surface area contributed by atoms with E-state index in [1.165, 1.54) is 13.1 Å². The molecule has 0 fully saturated rings. The summed E-state index contributed by atoms with van der Waals surface area (Å²) in [4.78, 5) is 0.